The first-order valence-corrected chi connectivity index (χ1v) is 5.69. The molecule has 0 aliphatic rings. The maximum Gasteiger partial charge on any atom is 0.0582 e. The highest BCUT2D eigenvalue weighted by molar-refractivity contribution is 5.53. The van der Waals surface area contributed by atoms with Crippen molar-refractivity contribution in [2.24, 2.45) is 0 Å². The molecule has 2 atom stereocenters. The first-order valence-electron chi connectivity index (χ1n) is 5.69. The third-order valence-corrected chi connectivity index (χ3v) is 2.69. The van der Waals surface area contributed by atoms with E-state index in [1.165, 1.54) is 11.3 Å². The zero-order valence-corrected chi connectivity index (χ0v) is 10.6. The molecule has 0 aromatic heterocycles. The van der Waals surface area contributed by atoms with E-state index in [0.717, 1.165) is 0 Å². The zero-order valence-electron chi connectivity index (χ0n) is 10.6. The lowest BCUT2D eigenvalue weighted by molar-refractivity contribution is 0.243. The normalized spacial score (nSPS) is 14.6. The van der Waals surface area contributed by atoms with E-state index in [1.807, 2.05) is 33.2 Å². The Hall–Kier alpha value is -1.06. The number of aliphatic hydroxyl groups is 1. The Morgan fingerprint density at radius 1 is 1.25 bits per heavy atom. The molecule has 1 aromatic rings. The molecule has 3 heteroatoms. The van der Waals surface area contributed by atoms with Gasteiger partial charge in [0.15, 0.2) is 0 Å². The molecule has 2 N–H and O–H groups in total. The molecule has 0 fully saturated rings. The highest BCUT2D eigenvalue weighted by Crippen LogP contribution is 2.24. The summed E-state index contributed by atoms with van der Waals surface area (Å²) in [5, 5.41) is 12.4. The maximum atomic E-state index is 9.04. The molecule has 0 saturated carbocycles. The van der Waals surface area contributed by atoms with Crippen molar-refractivity contribution in [3.8, 4) is 0 Å². The van der Waals surface area contributed by atoms with Gasteiger partial charge in [-0.2, -0.15) is 0 Å². The molecular formula is C13H22N2O. The first kappa shape index (κ1) is 13.0. The summed E-state index contributed by atoms with van der Waals surface area (Å²) >= 11 is 0. The highest BCUT2D eigenvalue weighted by atomic mass is 16.3. The fourth-order valence-electron chi connectivity index (χ4n) is 1.83. The number of hydrogen-bond donors (Lipinski definition) is 2. The quantitative estimate of drug-likeness (QED) is 0.797. The Morgan fingerprint density at radius 2 is 1.88 bits per heavy atom. The van der Waals surface area contributed by atoms with Gasteiger partial charge >= 0.3 is 0 Å². The van der Waals surface area contributed by atoms with Crippen molar-refractivity contribution >= 4 is 5.69 Å². The van der Waals surface area contributed by atoms with Crippen molar-refractivity contribution in [3.63, 3.8) is 0 Å². The Bertz CT molecular complexity index is 325. The summed E-state index contributed by atoms with van der Waals surface area (Å²) < 4.78 is 0. The van der Waals surface area contributed by atoms with Crippen LogP contribution in [0.25, 0.3) is 0 Å². The highest BCUT2D eigenvalue weighted by Gasteiger charge is 2.12. The van der Waals surface area contributed by atoms with Crippen LogP contribution in [0.2, 0.25) is 0 Å². The molecule has 0 aliphatic carbocycles. The number of rotatable bonds is 5. The average Bonchev–Trinajstić information content (AvgIpc) is 2.28. The van der Waals surface area contributed by atoms with Crippen molar-refractivity contribution in [2.45, 2.75) is 25.9 Å². The topological polar surface area (TPSA) is 35.5 Å². The van der Waals surface area contributed by atoms with E-state index in [9.17, 15) is 0 Å². The molecule has 0 amide bonds. The van der Waals surface area contributed by atoms with E-state index in [4.69, 9.17) is 5.11 Å². The molecule has 0 saturated heterocycles. The SMILES string of the molecule is CC(CO)NC(C)c1ccccc1N(C)C. The monoisotopic (exact) mass is 222 g/mol. The lowest BCUT2D eigenvalue weighted by atomic mass is 10.0. The summed E-state index contributed by atoms with van der Waals surface area (Å²) in [6, 6.07) is 8.67. The van der Waals surface area contributed by atoms with Crippen LogP contribution in [-0.2, 0) is 0 Å². The van der Waals surface area contributed by atoms with Gasteiger partial charge in [0.25, 0.3) is 0 Å². The lowest BCUT2D eigenvalue weighted by Crippen LogP contribution is -2.32. The van der Waals surface area contributed by atoms with Gasteiger partial charge in [-0.3, -0.25) is 0 Å². The molecular weight excluding hydrogens is 200 g/mol. The van der Waals surface area contributed by atoms with Crippen molar-refractivity contribution in [1.82, 2.24) is 5.32 Å². The molecule has 90 valence electrons. The molecule has 0 spiro atoms. The van der Waals surface area contributed by atoms with Gasteiger partial charge in [0, 0.05) is 31.9 Å². The Kier molecular flexibility index (Phi) is 4.77. The fourth-order valence-corrected chi connectivity index (χ4v) is 1.83. The van der Waals surface area contributed by atoms with E-state index in [2.05, 4.69) is 29.3 Å². The second-order valence-corrected chi connectivity index (χ2v) is 4.43. The van der Waals surface area contributed by atoms with Crippen molar-refractivity contribution in [2.75, 3.05) is 25.6 Å². The minimum atomic E-state index is 0.116. The number of nitrogens with zero attached hydrogens (tertiary/aromatic N) is 1. The second kappa shape index (κ2) is 5.87. The molecule has 2 unspecified atom stereocenters. The second-order valence-electron chi connectivity index (χ2n) is 4.43. The summed E-state index contributed by atoms with van der Waals surface area (Å²) in [6.45, 7) is 4.26. The van der Waals surface area contributed by atoms with Crippen LogP contribution < -0.4 is 10.2 Å². The van der Waals surface area contributed by atoms with Gasteiger partial charge in [-0.1, -0.05) is 18.2 Å². The molecule has 1 rings (SSSR count). The van der Waals surface area contributed by atoms with E-state index in [-0.39, 0.29) is 18.7 Å². The summed E-state index contributed by atoms with van der Waals surface area (Å²) in [4.78, 5) is 2.11. The molecule has 1 aromatic carbocycles. The van der Waals surface area contributed by atoms with Gasteiger partial charge in [-0.05, 0) is 25.5 Å². The summed E-state index contributed by atoms with van der Waals surface area (Å²) in [6.07, 6.45) is 0. The number of anilines is 1. The number of benzene rings is 1. The van der Waals surface area contributed by atoms with Gasteiger partial charge in [0.05, 0.1) is 6.61 Å². The van der Waals surface area contributed by atoms with Crippen molar-refractivity contribution in [3.05, 3.63) is 29.8 Å². The Labute approximate surface area is 98.1 Å². The van der Waals surface area contributed by atoms with Crippen molar-refractivity contribution in [1.29, 1.82) is 0 Å². The van der Waals surface area contributed by atoms with Crippen LogP contribution in [0.3, 0.4) is 0 Å². The molecule has 3 nitrogen and oxygen atoms in total. The molecule has 0 radical (unpaired) electrons. The van der Waals surface area contributed by atoms with Crippen LogP contribution >= 0.6 is 0 Å². The van der Waals surface area contributed by atoms with Gasteiger partial charge in [-0.15, -0.1) is 0 Å². The number of aliphatic hydroxyl groups excluding tert-OH is 1. The number of nitrogens with one attached hydrogen (secondary N) is 1. The largest absolute Gasteiger partial charge is 0.395 e. The smallest absolute Gasteiger partial charge is 0.0582 e. The molecule has 0 bridgehead atoms. The lowest BCUT2D eigenvalue weighted by Gasteiger charge is -2.24. The fraction of sp³-hybridized carbons (Fsp3) is 0.538. The number of para-hydroxylation sites is 1. The first-order chi connectivity index (χ1) is 7.56. The zero-order chi connectivity index (χ0) is 12.1. The van der Waals surface area contributed by atoms with E-state index >= 15 is 0 Å². The third-order valence-electron chi connectivity index (χ3n) is 2.69. The average molecular weight is 222 g/mol. The molecule has 0 aliphatic heterocycles. The summed E-state index contributed by atoms with van der Waals surface area (Å²) in [5.74, 6) is 0. The van der Waals surface area contributed by atoms with Crippen molar-refractivity contribution < 1.29 is 5.11 Å². The predicted octanol–water partition coefficient (Wildman–Crippen LogP) is 1.78. The molecule has 0 heterocycles. The van der Waals surface area contributed by atoms with Crippen LogP contribution in [0.15, 0.2) is 24.3 Å². The Balaban J connectivity index is 2.85. The van der Waals surface area contributed by atoms with Gasteiger partial charge in [-0.25, -0.2) is 0 Å². The van der Waals surface area contributed by atoms with Crippen LogP contribution in [0.5, 0.6) is 0 Å². The third kappa shape index (κ3) is 3.22. The maximum absolute atomic E-state index is 9.04. The van der Waals surface area contributed by atoms with Gasteiger partial charge in [0.1, 0.15) is 0 Å². The summed E-state index contributed by atoms with van der Waals surface area (Å²) in [7, 11) is 4.09. The van der Waals surface area contributed by atoms with Gasteiger partial charge in [0.2, 0.25) is 0 Å². The summed E-state index contributed by atoms with van der Waals surface area (Å²) in [5.41, 5.74) is 2.47. The van der Waals surface area contributed by atoms with Gasteiger partial charge < -0.3 is 15.3 Å². The number of hydrogen-bond acceptors (Lipinski definition) is 3. The van der Waals surface area contributed by atoms with Crippen LogP contribution in [0.1, 0.15) is 25.5 Å². The van der Waals surface area contributed by atoms with E-state index in [0.29, 0.717) is 0 Å². The van der Waals surface area contributed by atoms with E-state index < -0.39 is 0 Å². The minimum absolute atomic E-state index is 0.116. The minimum Gasteiger partial charge on any atom is -0.395 e. The molecule has 16 heavy (non-hydrogen) atoms. The van der Waals surface area contributed by atoms with E-state index in [1.54, 1.807) is 0 Å². The van der Waals surface area contributed by atoms with Crippen LogP contribution in [0.4, 0.5) is 5.69 Å². The predicted molar refractivity (Wildman–Crippen MR) is 68.9 cm³/mol. The Morgan fingerprint density at radius 3 is 2.44 bits per heavy atom. The van der Waals surface area contributed by atoms with Crippen LogP contribution in [-0.4, -0.2) is 31.9 Å². The standard InChI is InChI=1S/C13H22N2O/c1-10(9-16)14-11(2)12-7-5-6-8-13(12)15(3)4/h5-8,10-11,14,16H,9H2,1-4H3. The van der Waals surface area contributed by atoms with Crippen LogP contribution in [0, 0.1) is 0 Å².